The molecule has 3 rings (SSSR count). The number of aliphatic hydroxyl groups is 1. The highest BCUT2D eigenvalue weighted by atomic mass is 16.3. The smallest absolute Gasteiger partial charge is 0.226 e. The Balaban J connectivity index is 1.67. The largest absolute Gasteiger partial charge is 0.391 e. The first-order valence-corrected chi connectivity index (χ1v) is 7.69. The van der Waals surface area contributed by atoms with Gasteiger partial charge in [0.2, 0.25) is 5.91 Å². The molecule has 1 N–H and O–H groups in total. The van der Waals surface area contributed by atoms with Crippen LogP contribution in [-0.2, 0) is 17.6 Å². The van der Waals surface area contributed by atoms with Crippen molar-refractivity contribution in [3.63, 3.8) is 0 Å². The fourth-order valence-corrected chi connectivity index (χ4v) is 3.42. The molecule has 0 radical (unpaired) electrons. The average Bonchev–Trinajstić information content (AvgIpc) is 2.49. The molecule has 108 valence electrons. The van der Waals surface area contributed by atoms with Gasteiger partial charge < -0.3 is 10.0 Å². The van der Waals surface area contributed by atoms with Crippen molar-refractivity contribution in [2.45, 2.75) is 38.7 Å². The minimum absolute atomic E-state index is 0.102. The Morgan fingerprint density at radius 2 is 2.00 bits per heavy atom. The normalized spacial score (nSPS) is 29.9. The second-order valence-corrected chi connectivity index (χ2v) is 6.33. The van der Waals surface area contributed by atoms with E-state index < -0.39 is 0 Å². The van der Waals surface area contributed by atoms with Gasteiger partial charge in [-0.05, 0) is 42.7 Å². The van der Waals surface area contributed by atoms with E-state index in [2.05, 4.69) is 31.2 Å². The highest BCUT2D eigenvalue weighted by Gasteiger charge is 2.32. The fourth-order valence-electron chi connectivity index (χ4n) is 3.42. The van der Waals surface area contributed by atoms with E-state index in [0.717, 1.165) is 32.2 Å². The third kappa shape index (κ3) is 2.59. The standard InChI is InChI=1S/C17H23NO2/c1-12-8-9-18(11-16(12)19)17(20)15-7-6-13-4-2-3-5-14(13)10-15/h2-5,12,15-16,19H,6-11H2,1H3. The number of piperidine rings is 1. The summed E-state index contributed by atoms with van der Waals surface area (Å²) < 4.78 is 0. The number of likely N-dealkylation sites (tertiary alicyclic amines) is 1. The van der Waals surface area contributed by atoms with Gasteiger partial charge in [0.1, 0.15) is 0 Å². The summed E-state index contributed by atoms with van der Waals surface area (Å²) in [5, 5.41) is 9.96. The molecule has 1 aromatic rings. The number of carbonyl (C=O) groups is 1. The molecule has 0 spiro atoms. The van der Waals surface area contributed by atoms with Crippen molar-refractivity contribution < 1.29 is 9.90 Å². The zero-order valence-corrected chi connectivity index (χ0v) is 12.1. The number of hydrogen-bond acceptors (Lipinski definition) is 2. The van der Waals surface area contributed by atoms with Crippen LogP contribution in [0.1, 0.15) is 30.9 Å². The van der Waals surface area contributed by atoms with Crippen molar-refractivity contribution >= 4 is 5.91 Å². The Labute approximate surface area is 120 Å². The van der Waals surface area contributed by atoms with Gasteiger partial charge in [0.25, 0.3) is 0 Å². The Bertz CT molecular complexity index is 500. The minimum Gasteiger partial charge on any atom is -0.391 e. The number of amides is 1. The van der Waals surface area contributed by atoms with Crippen LogP contribution in [0.2, 0.25) is 0 Å². The lowest BCUT2D eigenvalue weighted by Crippen LogP contribution is -2.48. The van der Waals surface area contributed by atoms with Gasteiger partial charge in [0.05, 0.1) is 6.10 Å². The summed E-state index contributed by atoms with van der Waals surface area (Å²) >= 11 is 0. The van der Waals surface area contributed by atoms with E-state index in [1.54, 1.807) is 0 Å². The summed E-state index contributed by atoms with van der Waals surface area (Å²) in [4.78, 5) is 14.5. The van der Waals surface area contributed by atoms with Crippen LogP contribution in [-0.4, -0.2) is 35.1 Å². The summed E-state index contributed by atoms with van der Waals surface area (Å²) in [7, 11) is 0. The number of aliphatic hydroxyl groups excluding tert-OH is 1. The fraction of sp³-hybridized carbons (Fsp3) is 0.588. The van der Waals surface area contributed by atoms with Gasteiger partial charge in [-0.25, -0.2) is 0 Å². The maximum absolute atomic E-state index is 12.6. The van der Waals surface area contributed by atoms with Crippen molar-refractivity contribution in [1.29, 1.82) is 0 Å². The van der Waals surface area contributed by atoms with Crippen LogP contribution in [0.15, 0.2) is 24.3 Å². The van der Waals surface area contributed by atoms with Crippen molar-refractivity contribution in [3.8, 4) is 0 Å². The van der Waals surface area contributed by atoms with Crippen LogP contribution in [0.5, 0.6) is 0 Å². The third-order valence-electron chi connectivity index (χ3n) is 4.93. The summed E-state index contributed by atoms with van der Waals surface area (Å²) in [6.45, 7) is 3.37. The van der Waals surface area contributed by atoms with Crippen molar-refractivity contribution in [2.24, 2.45) is 11.8 Å². The Kier molecular flexibility index (Phi) is 3.79. The van der Waals surface area contributed by atoms with E-state index in [-0.39, 0.29) is 17.9 Å². The molecule has 1 fully saturated rings. The molecule has 1 aliphatic carbocycles. The second kappa shape index (κ2) is 5.57. The highest BCUT2D eigenvalue weighted by molar-refractivity contribution is 5.79. The minimum atomic E-state index is -0.358. The van der Waals surface area contributed by atoms with Crippen LogP contribution >= 0.6 is 0 Å². The van der Waals surface area contributed by atoms with Gasteiger partial charge in [-0.1, -0.05) is 31.2 Å². The van der Waals surface area contributed by atoms with Gasteiger partial charge in [-0.2, -0.15) is 0 Å². The van der Waals surface area contributed by atoms with Crippen LogP contribution in [0.4, 0.5) is 0 Å². The van der Waals surface area contributed by atoms with Crippen LogP contribution < -0.4 is 0 Å². The Morgan fingerprint density at radius 1 is 1.25 bits per heavy atom. The average molecular weight is 273 g/mol. The highest BCUT2D eigenvalue weighted by Crippen LogP contribution is 2.28. The summed E-state index contributed by atoms with van der Waals surface area (Å²) in [6.07, 6.45) is 3.36. The lowest BCUT2D eigenvalue weighted by atomic mass is 9.82. The Morgan fingerprint density at radius 3 is 2.75 bits per heavy atom. The number of β-amino-alcohol motifs (C(OH)–C–C–N with tert-alkyl or cyclic N) is 1. The zero-order chi connectivity index (χ0) is 14.1. The third-order valence-corrected chi connectivity index (χ3v) is 4.93. The van der Waals surface area contributed by atoms with E-state index in [9.17, 15) is 9.90 Å². The predicted molar refractivity (Wildman–Crippen MR) is 78.3 cm³/mol. The van der Waals surface area contributed by atoms with E-state index >= 15 is 0 Å². The number of carbonyl (C=O) groups excluding carboxylic acids is 1. The van der Waals surface area contributed by atoms with Crippen LogP contribution in [0.25, 0.3) is 0 Å². The first-order valence-electron chi connectivity index (χ1n) is 7.69. The molecule has 1 saturated heterocycles. The number of aryl methyl sites for hydroxylation is 1. The van der Waals surface area contributed by atoms with Gasteiger partial charge in [0, 0.05) is 19.0 Å². The summed E-state index contributed by atoms with van der Waals surface area (Å²) in [5.74, 6) is 0.655. The number of rotatable bonds is 1. The summed E-state index contributed by atoms with van der Waals surface area (Å²) in [6, 6.07) is 8.44. The maximum Gasteiger partial charge on any atom is 0.226 e. The first kappa shape index (κ1) is 13.6. The molecule has 0 aromatic heterocycles. The van der Waals surface area contributed by atoms with Crippen molar-refractivity contribution in [3.05, 3.63) is 35.4 Å². The SMILES string of the molecule is CC1CCN(C(=O)C2CCc3ccccc3C2)CC1O. The quantitative estimate of drug-likeness (QED) is 0.850. The molecule has 1 aliphatic heterocycles. The molecule has 1 heterocycles. The van der Waals surface area contributed by atoms with Gasteiger partial charge in [-0.3, -0.25) is 4.79 Å². The number of fused-ring (bicyclic) bond motifs is 1. The molecule has 3 unspecified atom stereocenters. The maximum atomic E-state index is 12.6. The monoisotopic (exact) mass is 273 g/mol. The van der Waals surface area contributed by atoms with Crippen LogP contribution in [0, 0.1) is 11.8 Å². The van der Waals surface area contributed by atoms with Crippen LogP contribution in [0.3, 0.4) is 0 Å². The summed E-state index contributed by atoms with van der Waals surface area (Å²) in [5.41, 5.74) is 2.71. The molecule has 0 saturated carbocycles. The molecule has 1 amide bonds. The van der Waals surface area contributed by atoms with E-state index in [0.29, 0.717) is 12.5 Å². The van der Waals surface area contributed by atoms with E-state index in [4.69, 9.17) is 0 Å². The predicted octanol–water partition coefficient (Wildman–Crippen LogP) is 2.02. The van der Waals surface area contributed by atoms with Crippen molar-refractivity contribution in [1.82, 2.24) is 4.90 Å². The Hall–Kier alpha value is -1.35. The molecule has 20 heavy (non-hydrogen) atoms. The topological polar surface area (TPSA) is 40.5 Å². The van der Waals surface area contributed by atoms with E-state index in [1.807, 2.05) is 4.90 Å². The lowest BCUT2D eigenvalue weighted by molar-refractivity contribution is -0.140. The number of nitrogens with zero attached hydrogens (tertiary/aromatic N) is 1. The molecule has 2 aliphatic rings. The number of benzene rings is 1. The molecular formula is C17H23NO2. The van der Waals surface area contributed by atoms with E-state index in [1.165, 1.54) is 11.1 Å². The zero-order valence-electron chi connectivity index (χ0n) is 12.1. The lowest BCUT2D eigenvalue weighted by Gasteiger charge is -2.37. The molecule has 1 aromatic carbocycles. The molecule has 3 heteroatoms. The molecule has 3 nitrogen and oxygen atoms in total. The molecule has 0 bridgehead atoms. The van der Waals surface area contributed by atoms with Gasteiger partial charge in [-0.15, -0.1) is 0 Å². The second-order valence-electron chi connectivity index (χ2n) is 6.33. The number of hydrogen-bond donors (Lipinski definition) is 1. The van der Waals surface area contributed by atoms with Gasteiger partial charge >= 0.3 is 0 Å². The van der Waals surface area contributed by atoms with Gasteiger partial charge in [0.15, 0.2) is 0 Å². The first-order chi connectivity index (χ1) is 9.65. The van der Waals surface area contributed by atoms with Crippen molar-refractivity contribution in [2.75, 3.05) is 13.1 Å². The molecular weight excluding hydrogens is 250 g/mol. The molecule has 3 atom stereocenters.